The predicted molar refractivity (Wildman–Crippen MR) is 72.9 cm³/mol. The highest BCUT2D eigenvalue weighted by Gasteiger charge is 2.45. The first kappa shape index (κ1) is 13.5. The number of imidazole rings is 1. The van der Waals surface area contributed by atoms with Gasteiger partial charge in [0.05, 0.1) is 6.04 Å². The Balaban J connectivity index is 2.37. The zero-order valence-electron chi connectivity index (χ0n) is 11.7. The van der Waals surface area contributed by atoms with E-state index in [-0.39, 0.29) is 11.6 Å². The number of hydrogen-bond acceptors (Lipinski definition) is 4. The van der Waals surface area contributed by atoms with E-state index in [2.05, 4.69) is 40.9 Å². The minimum Gasteiger partial charge on any atom is -0.334 e. The molecule has 1 aliphatic carbocycles. The van der Waals surface area contributed by atoms with E-state index in [0.29, 0.717) is 0 Å². The van der Waals surface area contributed by atoms with Crippen LogP contribution in [0.4, 0.5) is 0 Å². The molecule has 1 fully saturated rings. The number of likely N-dealkylation sites (N-methyl/N-ethyl adjacent to an activating group) is 1. The fourth-order valence-electron chi connectivity index (χ4n) is 3.30. The average Bonchev–Trinajstić information content (AvgIpc) is 2.99. The summed E-state index contributed by atoms with van der Waals surface area (Å²) in [7, 11) is 4.30. The highest BCUT2D eigenvalue weighted by molar-refractivity contribution is 5.12. The maximum atomic E-state index is 5.86. The van der Waals surface area contributed by atoms with Gasteiger partial charge in [0.25, 0.3) is 0 Å². The van der Waals surface area contributed by atoms with E-state index in [1.165, 1.54) is 25.7 Å². The van der Waals surface area contributed by atoms with Crippen molar-refractivity contribution in [3.63, 3.8) is 0 Å². The lowest BCUT2D eigenvalue weighted by atomic mass is 9.86. The normalized spacial score (nSPS) is 20.5. The minimum atomic E-state index is 0.0879. The van der Waals surface area contributed by atoms with Gasteiger partial charge in [-0.3, -0.25) is 5.84 Å². The second-order valence-corrected chi connectivity index (χ2v) is 5.38. The van der Waals surface area contributed by atoms with Gasteiger partial charge in [-0.15, -0.1) is 0 Å². The molecule has 0 amide bonds. The van der Waals surface area contributed by atoms with Crippen molar-refractivity contribution in [2.24, 2.45) is 5.84 Å². The van der Waals surface area contributed by atoms with Crippen molar-refractivity contribution in [1.82, 2.24) is 19.9 Å². The molecular formula is C13H25N5. The zero-order valence-corrected chi connectivity index (χ0v) is 11.7. The van der Waals surface area contributed by atoms with Gasteiger partial charge >= 0.3 is 0 Å². The van der Waals surface area contributed by atoms with Gasteiger partial charge in [0.2, 0.25) is 0 Å². The molecule has 0 radical (unpaired) electrons. The summed E-state index contributed by atoms with van der Waals surface area (Å²) in [6.07, 6.45) is 8.77. The van der Waals surface area contributed by atoms with Crippen molar-refractivity contribution in [2.75, 3.05) is 14.1 Å². The molecule has 18 heavy (non-hydrogen) atoms. The summed E-state index contributed by atoms with van der Waals surface area (Å²) in [5.74, 6) is 6.91. The fourth-order valence-corrected chi connectivity index (χ4v) is 3.30. The van der Waals surface area contributed by atoms with Crippen LogP contribution in [0.2, 0.25) is 0 Å². The molecule has 1 unspecified atom stereocenters. The number of aromatic nitrogens is 2. The van der Waals surface area contributed by atoms with Crippen LogP contribution in [-0.4, -0.2) is 34.1 Å². The summed E-state index contributed by atoms with van der Waals surface area (Å²) >= 11 is 0. The maximum Gasteiger partial charge on any atom is 0.129 e. The Morgan fingerprint density at radius 1 is 1.50 bits per heavy atom. The Labute approximate surface area is 109 Å². The molecule has 5 heteroatoms. The monoisotopic (exact) mass is 251 g/mol. The lowest BCUT2D eigenvalue weighted by Gasteiger charge is -2.42. The molecule has 1 heterocycles. The van der Waals surface area contributed by atoms with Gasteiger partial charge in [0.1, 0.15) is 5.82 Å². The molecule has 2 rings (SSSR count). The van der Waals surface area contributed by atoms with E-state index in [0.717, 1.165) is 12.4 Å². The molecule has 0 spiro atoms. The van der Waals surface area contributed by atoms with Gasteiger partial charge < -0.3 is 9.47 Å². The van der Waals surface area contributed by atoms with Crippen molar-refractivity contribution >= 4 is 0 Å². The molecular weight excluding hydrogens is 226 g/mol. The fraction of sp³-hybridized carbons (Fsp3) is 0.769. The van der Waals surface area contributed by atoms with Crippen LogP contribution in [-0.2, 0) is 6.54 Å². The van der Waals surface area contributed by atoms with E-state index in [1.54, 1.807) is 0 Å². The maximum absolute atomic E-state index is 5.86. The quantitative estimate of drug-likeness (QED) is 0.611. The van der Waals surface area contributed by atoms with Crippen LogP contribution < -0.4 is 11.3 Å². The summed E-state index contributed by atoms with van der Waals surface area (Å²) in [6, 6.07) is 0.0879. The molecule has 0 bridgehead atoms. The van der Waals surface area contributed by atoms with E-state index in [9.17, 15) is 0 Å². The second kappa shape index (κ2) is 5.38. The molecule has 102 valence electrons. The van der Waals surface area contributed by atoms with Crippen LogP contribution in [0.15, 0.2) is 12.4 Å². The van der Waals surface area contributed by atoms with Crippen LogP contribution >= 0.6 is 0 Å². The molecule has 1 aromatic heterocycles. The Hall–Kier alpha value is -0.910. The van der Waals surface area contributed by atoms with Crippen LogP contribution in [0.3, 0.4) is 0 Å². The zero-order chi connectivity index (χ0) is 13.2. The summed E-state index contributed by atoms with van der Waals surface area (Å²) in [5.41, 5.74) is 3.11. The third-order valence-corrected chi connectivity index (χ3v) is 4.41. The number of rotatable bonds is 5. The molecule has 1 aromatic rings. The van der Waals surface area contributed by atoms with Gasteiger partial charge in [-0.2, -0.15) is 0 Å². The topological polar surface area (TPSA) is 59.1 Å². The van der Waals surface area contributed by atoms with Crippen molar-refractivity contribution < 1.29 is 0 Å². The highest BCUT2D eigenvalue weighted by Crippen LogP contribution is 2.42. The summed E-state index contributed by atoms with van der Waals surface area (Å²) in [4.78, 5) is 6.84. The van der Waals surface area contributed by atoms with Crippen LogP contribution in [0.5, 0.6) is 0 Å². The number of hydrazine groups is 1. The summed E-state index contributed by atoms with van der Waals surface area (Å²) in [5, 5.41) is 0. The molecule has 3 N–H and O–H groups in total. The first-order valence-electron chi connectivity index (χ1n) is 6.80. The summed E-state index contributed by atoms with van der Waals surface area (Å²) < 4.78 is 2.17. The Morgan fingerprint density at radius 2 is 2.17 bits per heavy atom. The van der Waals surface area contributed by atoms with Crippen molar-refractivity contribution in [3.8, 4) is 0 Å². The van der Waals surface area contributed by atoms with Crippen LogP contribution in [0.1, 0.15) is 44.5 Å². The Kier molecular flexibility index (Phi) is 4.04. The molecule has 0 aromatic carbocycles. The predicted octanol–water partition coefficient (Wildman–Crippen LogP) is 1.28. The molecule has 1 saturated carbocycles. The van der Waals surface area contributed by atoms with E-state index in [1.807, 2.05) is 12.4 Å². The van der Waals surface area contributed by atoms with Crippen molar-refractivity contribution in [2.45, 2.75) is 50.7 Å². The number of nitrogens with one attached hydrogen (secondary N) is 1. The third kappa shape index (κ3) is 2.06. The SMILES string of the molecule is CCn1ccnc1C(NN)C1(N(C)C)CCCC1. The Morgan fingerprint density at radius 3 is 2.67 bits per heavy atom. The van der Waals surface area contributed by atoms with Gasteiger partial charge in [-0.1, -0.05) is 12.8 Å². The molecule has 5 nitrogen and oxygen atoms in total. The summed E-state index contributed by atoms with van der Waals surface area (Å²) in [6.45, 7) is 3.06. The van der Waals surface area contributed by atoms with Crippen LogP contribution in [0, 0.1) is 0 Å². The van der Waals surface area contributed by atoms with Crippen LogP contribution in [0.25, 0.3) is 0 Å². The molecule has 0 saturated heterocycles. The average molecular weight is 251 g/mol. The standard InChI is InChI=1S/C13H25N5/c1-4-18-10-9-15-12(18)11(16-14)13(17(2)3)7-5-6-8-13/h9-11,16H,4-8,14H2,1-3H3. The van der Waals surface area contributed by atoms with Gasteiger partial charge in [0.15, 0.2) is 0 Å². The Bertz CT molecular complexity index is 378. The van der Waals surface area contributed by atoms with E-state index in [4.69, 9.17) is 5.84 Å². The van der Waals surface area contributed by atoms with E-state index < -0.39 is 0 Å². The lowest BCUT2D eigenvalue weighted by Crippen LogP contribution is -2.54. The molecule has 1 aliphatic rings. The van der Waals surface area contributed by atoms with Crippen molar-refractivity contribution in [1.29, 1.82) is 0 Å². The van der Waals surface area contributed by atoms with Gasteiger partial charge in [-0.05, 0) is 33.9 Å². The number of nitrogens with zero attached hydrogens (tertiary/aromatic N) is 3. The van der Waals surface area contributed by atoms with Gasteiger partial charge in [-0.25, -0.2) is 10.4 Å². The minimum absolute atomic E-state index is 0.0879. The first-order chi connectivity index (χ1) is 8.65. The largest absolute Gasteiger partial charge is 0.334 e. The molecule has 1 atom stereocenters. The first-order valence-corrected chi connectivity index (χ1v) is 6.80. The van der Waals surface area contributed by atoms with Gasteiger partial charge in [0, 0.05) is 24.5 Å². The van der Waals surface area contributed by atoms with E-state index >= 15 is 0 Å². The smallest absolute Gasteiger partial charge is 0.129 e. The number of hydrogen-bond donors (Lipinski definition) is 2. The lowest BCUT2D eigenvalue weighted by molar-refractivity contribution is 0.0986. The number of nitrogens with two attached hydrogens (primary N) is 1. The second-order valence-electron chi connectivity index (χ2n) is 5.38. The third-order valence-electron chi connectivity index (χ3n) is 4.41. The molecule has 0 aliphatic heterocycles. The number of aryl methyl sites for hydroxylation is 1. The van der Waals surface area contributed by atoms with Crippen molar-refractivity contribution in [3.05, 3.63) is 18.2 Å². The highest BCUT2D eigenvalue weighted by atomic mass is 15.3.